The summed E-state index contributed by atoms with van der Waals surface area (Å²) in [6, 6.07) is 3.10. The maximum Gasteiger partial charge on any atom is 0.255 e. The first-order valence-corrected chi connectivity index (χ1v) is 13.3. The number of fused-ring (bicyclic) bond motifs is 2. The van der Waals surface area contributed by atoms with Crippen LogP contribution in [0.2, 0.25) is 0 Å². The third-order valence-electron chi connectivity index (χ3n) is 7.68. The lowest BCUT2D eigenvalue weighted by Gasteiger charge is -2.44. The number of nitrogens with zero attached hydrogens (tertiary/aromatic N) is 6. The van der Waals surface area contributed by atoms with E-state index in [-0.39, 0.29) is 11.8 Å². The Morgan fingerprint density at radius 2 is 1.92 bits per heavy atom. The smallest absolute Gasteiger partial charge is 0.255 e. The molecule has 190 valence electrons. The predicted molar refractivity (Wildman–Crippen MR) is 144 cm³/mol. The van der Waals surface area contributed by atoms with Gasteiger partial charge in [-0.25, -0.2) is 4.52 Å². The summed E-state index contributed by atoms with van der Waals surface area (Å²) < 4.78 is 1.91. The van der Waals surface area contributed by atoms with Crippen LogP contribution < -0.4 is 0 Å². The van der Waals surface area contributed by atoms with Gasteiger partial charge in [-0.05, 0) is 70.2 Å². The van der Waals surface area contributed by atoms with Gasteiger partial charge in [-0.3, -0.25) is 19.6 Å². The second-order valence-corrected chi connectivity index (χ2v) is 10.6. The number of aromatic nitrogens is 3. The normalized spacial score (nSPS) is 23.4. The van der Waals surface area contributed by atoms with Crippen LogP contribution in [0.5, 0.6) is 0 Å². The van der Waals surface area contributed by atoms with Crippen LogP contribution in [0.25, 0.3) is 11.1 Å². The van der Waals surface area contributed by atoms with Gasteiger partial charge >= 0.3 is 0 Å². The molecule has 0 N–H and O–H groups in total. The third kappa shape index (κ3) is 4.52. The van der Waals surface area contributed by atoms with Gasteiger partial charge in [0.25, 0.3) is 5.91 Å². The average molecular weight is 487 g/mol. The Bertz CT molecular complexity index is 1300. The summed E-state index contributed by atoms with van der Waals surface area (Å²) in [5.41, 5.74) is 6.85. The second-order valence-electron chi connectivity index (χ2n) is 10.6. The van der Waals surface area contributed by atoms with E-state index in [1.54, 1.807) is 11.0 Å². The minimum Gasteiger partial charge on any atom is -0.367 e. The molecule has 0 aromatic carbocycles. The van der Waals surface area contributed by atoms with Crippen LogP contribution in [0.4, 0.5) is 0 Å². The Balaban J connectivity index is 1.45. The molecule has 3 aliphatic rings. The fourth-order valence-corrected chi connectivity index (χ4v) is 5.70. The maximum atomic E-state index is 13.6. The highest BCUT2D eigenvalue weighted by Gasteiger charge is 2.29. The number of aryl methyl sites for hydroxylation is 2. The Hall–Kier alpha value is -3.19. The fraction of sp³-hybridized carbons (Fsp3) is 0.483. The molecule has 2 aromatic rings. The molecule has 36 heavy (non-hydrogen) atoms. The molecular formula is C29H38N6O. The van der Waals surface area contributed by atoms with Crippen molar-refractivity contribution in [2.75, 3.05) is 19.6 Å². The highest BCUT2D eigenvalue weighted by molar-refractivity contribution is 5.98. The van der Waals surface area contributed by atoms with Gasteiger partial charge in [0, 0.05) is 49.7 Å². The topological polar surface area (TPSA) is 57.0 Å². The molecule has 5 rings (SSSR count). The number of allylic oxidation sites excluding steroid dienone is 4. The predicted octanol–water partition coefficient (Wildman–Crippen LogP) is 4.56. The highest BCUT2D eigenvalue weighted by Crippen LogP contribution is 2.32. The van der Waals surface area contributed by atoms with E-state index in [0.717, 1.165) is 72.0 Å². The molecule has 7 nitrogen and oxygen atoms in total. The van der Waals surface area contributed by atoms with Crippen molar-refractivity contribution in [1.29, 1.82) is 0 Å². The molecule has 0 radical (unpaired) electrons. The highest BCUT2D eigenvalue weighted by atomic mass is 16.2. The number of carbonyl (C=O) groups is 1. The number of carbonyl (C=O) groups excluding carboxylic acids is 1. The van der Waals surface area contributed by atoms with Gasteiger partial charge in [0.05, 0.1) is 34.5 Å². The van der Waals surface area contributed by atoms with Crippen molar-refractivity contribution in [3.63, 3.8) is 0 Å². The summed E-state index contributed by atoms with van der Waals surface area (Å²) >= 11 is 0. The van der Waals surface area contributed by atoms with Crippen LogP contribution in [0.3, 0.4) is 0 Å². The van der Waals surface area contributed by atoms with Crippen molar-refractivity contribution in [1.82, 2.24) is 29.3 Å². The first kappa shape index (κ1) is 24.5. The van der Waals surface area contributed by atoms with Gasteiger partial charge in [0.15, 0.2) is 0 Å². The Kier molecular flexibility index (Phi) is 6.60. The van der Waals surface area contributed by atoms with Gasteiger partial charge in [0.1, 0.15) is 0 Å². The largest absolute Gasteiger partial charge is 0.367 e. The van der Waals surface area contributed by atoms with Gasteiger partial charge < -0.3 is 4.90 Å². The van der Waals surface area contributed by atoms with Crippen molar-refractivity contribution in [3.05, 3.63) is 71.2 Å². The zero-order valence-electron chi connectivity index (χ0n) is 22.4. The second kappa shape index (κ2) is 9.69. The molecule has 0 spiro atoms. The van der Waals surface area contributed by atoms with Gasteiger partial charge in [0.2, 0.25) is 0 Å². The number of rotatable bonds is 4. The minimum atomic E-state index is -0.0272. The molecule has 2 atom stereocenters. The van der Waals surface area contributed by atoms with Crippen molar-refractivity contribution < 1.29 is 4.79 Å². The number of hydrogen-bond acceptors (Lipinski definition) is 5. The average Bonchev–Trinajstić information content (AvgIpc) is 3.27. The summed E-state index contributed by atoms with van der Waals surface area (Å²) in [5, 5.41) is 4.86. The quantitative estimate of drug-likeness (QED) is 0.634. The van der Waals surface area contributed by atoms with Crippen LogP contribution >= 0.6 is 0 Å². The molecule has 2 unspecified atom stereocenters. The molecular weight excluding hydrogens is 448 g/mol. The number of amides is 1. The molecule has 3 aliphatic heterocycles. The molecule has 1 amide bonds. The zero-order chi connectivity index (χ0) is 25.6. The summed E-state index contributed by atoms with van der Waals surface area (Å²) in [7, 11) is 0. The minimum absolute atomic E-state index is 0.0272. The lowest BCUT2D eigenvalue weighted by molar-refractivity contribution is -0.122. The Morgan fingerprint density at radius 3 is 2.64 bits per heavy atom. The SMILES string of the molecule is CCc1nc(C)cn2nc(C3=CC(=O)N4C=C(N5CCN(C(C)C)C(C)C5)C=CC4=CCC3C)cc12. The van der Waals surface area contributed by atoms with Crippen LogP contribution in [-0.2, 0) is 11.2 Å². The monoisotopic (exact) mass is 486 g/mol. The molecule has 0 aliphatic carbocycles. The van der Waals surface area contributed by atoms with Crippen LogP contribution in [0.15, 0.2) is 54.2 Å². The summed E-state index contributed by atoms with van der Waals surface area (Å²) in [6.45, 7) is 16.0. The van der Waals surface area contributed by atoms with Crippen molar-refractivity contribution in [3.8, 4) is 0 Å². The van der Waals surface area contributed by atoms with Crippen LogP contribution in [0.1, 0.15) is 58.1 Å². The number of piperazine rings is 1. The third-order valence-corrected chi connectivity index (χ3v) is 7.68. The first-order chi connectivity index (χ1) is 17.2. The first-order valence-electron chi connectivity index (χ1n) is 13.3. The van der Waals surface area contributed by atoms with E-state index < -0.39 is 0 Å². The van der Waals surface area contributed by atoms with Gasteiger partial charge in [-0.1, -0.05) is 19.9 Å². The molecule has 0 bridgehead atoms. The van der Waals surface area contributed by atoms with E-state index in [1.807, 2.05) is 23.8 Å². The van der Waals surface area contributed by atoms with Gasteiger partial charge in [-0.2, -0.15) is 5.10 Å². The van der Waals surface area contributed by atoms with E-state index >= 15 is 0 Å². The summed E-state index contributed by atoms with van der Waals surface area (Å²) in [4.78, 5) is 25.0. The van der Waals surface area contributed by atoms with Crippen LogP contribution in [0, 0.1) is 12.8 Å². The van der Waals surface area contributed by atoms with E-state index in [2.05, 4.69) is 73.7 Å². The molecule has 2 aromatic heterocycles. The van der Waals surface area contributed by atoms with E-state index in [9.17, 15) is 4.79 Å². The fourth-order valence-electron chi connectivity index (χ4n) is 5.70. The van der Waals surface area contributed by atoms with E-state index in [4.69, 9.17) is 5.10 Å². The molecule has 0 saturated carbocycles. The van der Waals surface area contributed by atoms with Crippen molar-refractivity contribution in [2.45, 2.75) is 66.5 Å². The maximum absolute atomic E-state index is 13.6. The van der Waals surface area contributed by atoms with Crippen LogP contribution in [-0.4, -0.2) is 66.9 Å². The molecule has 7 heteroatoms. The summed E-state index contributed by atoms with van der Waals surface area (Å²) in [6.07, 6.45) is 13.9. The standard InChI is InChI=1S/C29H38N6O/c1-7-26-28-15-27(31-35(28)16-21(5)30-26)25-14-29(36)34-18-24(11-10-23(34)9-8-20(25)4)32-12-13-33(19(2)3)22(6)17-32/h9-11,14-16,18-20,22H,7-8,12-13,17H2,1-6H3. The number of hydrogen-bond donors (Lipinski definition) is 0. The zero-order valence-corrected chi connectivity index (χ0v) is 22.4. The molecule has 1 fully saturated rings. The van der Waals surface area contributed by atoms with Crippen molar-refractivity contribution in [2.24, 2.45) is 5.92 Å². The lowest BCUT2D eigenvalue weighted by atomic mass is 9.92. The van der Waals surface area contributed by atoms with E-state index in [0.29, 0.717) is 12.1 Å². The summed E-state index contributed by atoms with van der Waals surface area (Å²) in [5.74, 6) is 0.150. The van der Waals surface area contributed by atoms with Gasteiger partial charge in [-0.15, -0.1) is 0 Å². The van der Waals surface area contributed by atoms with E-state index in [1.165, 1.54) is 0 Å². The molecule has 5 heterocycles. The van der Waals surface area contributed by atoms with Crippen molar-refractivity contribution >= 4 is 17.0 Å². The Morgan fingerprint density at radius 1 is 1.14 bits per heavy atom. The lowest BCUT2D eigenvalue weighted by Crippen LogP contribution is -2.53. The molecule has 1 saturated heterocycles. The Labute approximate surface area is 214 Å².